The summed E-state index contributed by atoms with van der Waals surface area (Å²) in [6.07, 6.45) is 0. The van der Waals surface area contributed by atoms with Gasteiger partial charge < -0.3 is 19.5 Å². The standard InChI is InChI=1S/C18H19BrClNO4/c1-2-23-9-10-24-17-6-4-3-5-15(17)21-18(22)12-25-16-8-7-13(20)11-14(16)19/h3-8,11H,2,9-10,12H2,1H3,(H,21,22). The SMILES string of the molecule is CCOCCOc1ccccc1NC(=O)COc1ccc(Cl)cc1Br. The number of hydrogen-bond acceptors (Lipinski definition) is 4. The minimum absolute atomic E-state index is 0.131. The highest BCUT2D eigenvalue weighted by Crippen LogP contribution is 2.28. The van der Waals surface area contributed by atoms with Crippen molar-refractivity contribution in [1.29, 1.82) is 0 Å². The zero-order valence-corrected chi connectivity index (χ0v) is 16.1. The number of para-hydroxylation sites is 2. The summed E-state index contributed by atoms with van der Waals surface area (Å²) in [4.78, 5) is 12.1. The fourth-order valence-electron chi connectivity index (χ4n) is 1.97. The van der Waals surface area contributed by atoms with Gasteiger partial charge in [0.15, 0.2) is 6.61 Å². The number of benzene rings is 2. The van der Waals surface area contributed by atoms with E-state index in [0.717, 1.165) is 0 Å². The number of amides is 1. The van der Waals surface area contributed by atoms with Crippen LogP contribution in [0.15, 0.2) is 46.9 Å². The highest BCUT2D eigenvalue weighted by molar-refractivity contribution is 9.10. The van der Waals surface area contributed by atoms with Crippen LogP contribution in [0.2, 0.25) is 5.02 Å². The Labute approximate surface area is 160 Å². The molecule has 0 saturated carbocycles. The van der Waals surface area contributed by atoms with E-state index in [-0.39, 0.29) is 12.5 Å². The first-order valence-corrected chi connectivity index (χ1v) is 8.94. The van der Waals surface area contributed by atoms with Crippen LogP contribution in [0.25, 0.3) is 0 Å². The topological polar surface area (TPSA) is 56.8 Å². The predicted molar refractivity (Wildman–Crippen MR) is 102 cm³/mol. The van der Waals surface area contributed by atoms with Gasteiger partial charge in [0.1, 0.15) is 18.1 Å². The Balaban J connectivity index is 1.89. The van der Waals surface area contributed by atoms with E-state index in [1.165, 1.54) is 0 Å². The second-order valence-corrected chi connectivity index (χ2v) is 6.24. The van der Waals surface area contributed by atoms with Gasteiger partial charge in [0.25, 0.3) is 5.91 Å². The van der Waals surface area contributed by atoms with Gasteiger partial charge in [-0.25, -0.2) is 0 Å². The Morgan fingerprint density at radius 1 is 1.12 bits per heavy atom. The number of nitrogens with one attached hydrogen (secondary N) is 1. The third-order valence-corrected chi connectivity index (χ3v) is 3.96. The van der Waals surface area contributed by atoms with E-state index < -0.39 is 0 Å². The summed E-state index contributed by atoms with van der Waals surface area (Å²) in [6.45, 7) is 3.33. The summed E-state index contributed by atoms with van der Waals surface area (Å²) < 4.78 is 17.1. The zero-order chi connectivity index (χ0) is 18.1. The molecule has 0 atom stereocenters. The van der Waals surface area contributed by atoms with Crippen molar-refractivity contribution in [2.75, 3.05) is 31.7 Å². The normalized spacial score (nSPS) is 10.4. The smallest absolute Gasteiger partial charge is 0.262 e. The summed E-state index contributed by atoms with van der Waals surface area (Å²) >= 11 is 9.22. The molecule has 0 aliphatic rings. The van der Waals surface area contributed by atoms with Gasteiger partial charge >= 0.3 is 0 Å². The van der Waals surface area contributed by atoms with E-state index in [1.54, 1.807) is 30.3 Å². The van der Waals surface area contributed by atoms with Crippen LogP contribution in [-0.2, 0) is 9.53 Å². The number of anilines is 1. The second kappa shape index (κ2) is 10.3. The molecule has 5 nitrogen and oxygen atoms in total. The minimum atomic E-state index is -0.289. The fraction of sp³-hybridized carbons (Fsp3) is 0.278. The highest BCUT2D eigenvalue weighted by atomic mass is 79.9. The predicted octanol–water partition coefficient (Wildman–Crippen LogP) is 4.54. The maximum absolute atomic E-state index is 12.1. The van der Waals surface area contributed by atoms with Crippen molar-refractivity contribution in [2.24, 2.45) is 0 Å². The third kappa shape index (κ3) is 6.57. The first-order valence-electron chi connectivity index (χ1n) is 7.77. The lowest BCUT2D eigenvalue weighted by molar-refractivity contribution is -0.118. The number of ether oxygens (including phenoxy) is 3. The lowest BCUT2D eigenvalue weighted by Crippen LogP contribution is -2.21. The van der Waals surface area contributed by atoms with Crippen molar-refractivity contribution >= 4 is 39.1 Å². The monoisotopic (exact) mass is 427 g/mol. The first kappa shape index (κ1) is 19.6. The van der Waals surface area contributed by atoms with Crippen LogP contribution in [-0.4, -0.2) is 32.3 Å². The van der Waals surface area contributed by atoms with Crippen molar-refractivity contribution < 1.29 is 19.0 Å². The van der Waals surface area contributed by atoms with Gasteiger partial charge in [-0.15, -0.1) is 0 Å². The maximum Gasteiger partial charge on any atom is 0.262 e. The van der Waals surface area contributed by atoms with Crippen molar-refractivity contribution in [3.8, 4) is 11.5 Å². The Bertz CT molecular complexity index is 711. The van der Waals surface area contributed by atoms with Gasteiger partial charge in [0, 0.05) is 11.6 Å². The Morgan fingerprint density at radius 2 is 1.92 bits per heavy atom. The van der Waals surface area contributed by atoms with Crippen LogP contribution in [0, 0.1) is 0 Å². The van der Waals surface area contributed by atoms with E-state index in [0.29, 0.717) is 46.5 Å². The molecule has 0 aliphatic carbocycles. The summed E-state index contributed by atoms with van der Waals surface area (Å²) in [7, 11) is 0. The molecule has 0 bridgehead atoms. The van der Waals surface area contributed by atoms with Crippen molar-refractivity contribution in [1.82, 2.24) is 0 Å². The largest absolute Gasteiger partial charge is 0.489 e. The summed E-state index contributed by atoms with van der Waals surface area (Å²) in [5, 5.41) is 3.37. The number of hydrogen-bond donors (Lipinski definition) is 1. The van der Waals surface area contributed by atoms with Crippen molar-refractivity contribution in [3.63, 3.8) is 0 Å². The molecule has 0 spiro atoms. The molecule has 0 fully saturated rings. The Kier molecular flexibility index (Phi) is 8.04. The lowest BCUT2D eigenvalue weighted by atomic mass is 10.3. The van der Waals surface area contributed by atoms with Crippen molar-refractivity contribution in [2.45, 2.75) is 6.92 Å². The second-order valence-electron chi connectivity index (χ2n) is 4.95. The van der Waals surface area contributed by atoms with Crippen LogP contribution < -0.4 is 14.8 Å². The van der Waals surface area contributed by atoms with Gasteiger partial charge in [0.2, 0.25) is 0 Å². The molecule has 0 aromatic heterocycles. The third-order valence-electron chi connectivity index (χ3n) is 3.10. The molecular weight excluding hydrogens is 410 g/mol. The molecule has 1 amide bonds. The molecule has 2 rings (SSSR count). The highest BCUT2D eigenvalue weighted by Gasteiger charge is 2.10. The molecular formula is C18H19BrClNO4. The fourth-order valence-corrected chi connectivity index (χ4v) is 2.77. The van der Waals surface area contributed by atoms with Gasteiger partial charge in [-0.2, -0.15) is 0 Å². The molecule has 0 heterocycles. The molecule has 25 heavy (non-hydrogen) atoms. The number of halogens is 2. The van der Waals surface area contributed by atoms with Gasteiger partial charge in [-0.05, 0) is 53.2 Å². The molecule has 0 unspecified atom stereocenters. The average Bonchev–Trinajstić information content (AvgIpc) is 2.59. The summed E-state index contributed by atoms with van der Waals surface area (Å²) in [6, 6.07) is 12.3. The van der Waals surface area contributed by atoms with Crippen molar-refractivity contribution in [3.05, 3.63) is 52.0 Å². The van der Waals surface area contributed by atoms with E-state index in [4.69, 9.17) is 25.8 Å². The van der Waals surface area contributed by atoms with Gasteiger partial charge in [-0.3, -0.25) is 4.79 Å². The van der Waals surface area contributed by atoms with Gasteiger partial charge in [-0.1, -0.05) is 23.7 Å². The summed E-state index contributed by atoms with van der Waals surface area (Å²) in [5.41, 5.74) is 0.586. The van der Waals surface area contributed by atoms with Crippen LogP contribution in [0.3, 0.4) is 0 Å². The molecule has 0 radical (unpaired) electrons. The van der Waals surface area contributed by atoms with E-state index >= 15 is 0 Å². The van der Waals surface area contributed by atoms with Crippen LogP contribution in [0.1, 0.15) is 6.92 Å². The average molecular weight is 429 g/mol. The van der Waals surface area contributed by atoms with E-state index in [2.05, 4.69) is 21.2 Å². The van der Waals surface area contributed by atoms with Gasteiger partial charge in [0.05, 0.1) is 16.8 Å². The molecule has 2 aromatic carbocycles. The van der Waals surface area contributed by atoms with E-state index in [9.17, 15) is 4.79 Å². The zero-order valence-electron chi connectivity index (χ0n) is 13.8. The van der Waals surface area contributed by atoms with Crippen LogP contribution >= 0.6 is 27.5 Å². The summed E-state index contributed by atoms with van der Waals surface area (Å²) in [5.74, 6) is 0.840. The number of carbonyl (C=O) groups is 1. The quantitative estimate of drug-likeness (QED) is 0.596. The van der Waals surface area contributed by atoms with Crippen LogP contribution in [0.4, 0.5) is 5.69 Å². The molecule has 134 valence electrons. The number of rotatable bonds is 9. The molecule has 1 N–H and O–H groups in total. The molecule has 0 saturated heterocycles. The molecule has 0 aliphatic heterocycles. The molecule has 7 heteroatoms. The first-order chi connectivity index (χ1) is 12.1. The minimum Gasteiger partial charge on any atom is -0.489 e. The lowest BCUT2D eigenvalue weighted by Gasteiger charge is -2.13. The van der Waals surface area contributed by atoms with E-state index in [1.807, 2.05) is 19.1 Å². The van der Waals surface area contributed by atoms with Crippen LogP contribution in [0.5, 0.6) is 11.5 Å². The Morgan fingerprint density at radius 3 is 2.68 bits per heavy atom. The Hall–Kier alpha value is -1.76. The molecule has 2 aromatic rings. The maximum atomic E-state index is 12.1. The number of carbonyl (C=O) groups excluding carboxylic acids is 1.